The summed E-state index contributed by atoms with van der Waals surface area (Å²) in [6.45, 7) is 4.13. The van der Waals surface area contributed by atoms with E-state index in [1.54, 1.807) is 0 Å². The van der Waals surface area contributed by atoms with Crippen LogP contribution in [0.2, 0.25) is 0 Å². The minimum atomic E-state index is -1.15. The van der Waals surface area contributed by atoms with E-state index in [1.165, 1.54) is 12.1 Å². The molecule has 3 nitrogen and oxygen atoms in total. The van der Waals surface area contributed by atoms with Gasteiger partial charge in [-0.1, -0.05) is 32.0 Å². The van der Waals surface area contributed by atoms with E-state index in [4.69, 9.17) is 5.11 Å². The highest BCUT2D eigenvalue weighted by Crippen LogP contribution is 2.27. The summed E-state index contributed by atoms with van der Waals surface area (Å²) in [5.41, 5.74) is 2.29. The zero-order valence-electron chi connectivity index (χ0n) is 11.4. The second-order valence-electron chi connectivity index (χ2n) is 4.90. The van der Waals surface area contributed by atoms with Crippen molar-refractivity contribution in [3.8, 4) is 0 Å². The van der Waals surface area contributed by atoms with Crippen LogP contribution in [0.25, 0.3) is 0 Å². The number of para-hydroxylation sites is 1. The fourth-order valence-electron chi connectivity index (χ4n) is 2.06. The van der Waals surface area contributed by atoms with Crippen molar-refractivity contribution in [1.82, 2.24) is 0 Å². The van der Waals surface area contributed by atoms with Crippen molar-refractivity contribution in [3.63, 3.8) is 0 Å². The maximum atomic E-state index is 13.4. The third-order valence-corrected chi connectivity index (χ3v) is 3.01. The van der Waals surface area contributed by atoms with E-state index >= 15 is 0 Å². The van der Waals surface area contributed by atoms with E-state index in [0.717, 1.165) is 17.3 Å². The Bertz CT molecular complexity index is 638. The van der Waals surface area contributed by atoms with Gasteiger partial charge in [-0.05, 0) is 35.7 Å². The lowest BCUT2D eigenvalue weighted by Gasteiger charge is -2.15. The number of carbonyl (C=O) groups is 1. The first-order valence-electron chi connectivity index (χ1n) is 6.37. The van der Waals surface area contributed by atoms with Crippen LogP contribution in [-0.4, -0.2) is 11.1 Å². The van der Waals surface area contributed by atoms with Gasteiger partial charge >= 0.3 is 5.97 Å². The van der Waals surface area contributed by atoms with Crippen LogP contribution in [0.5, 0.6) is 0 Å². The van der Waals surface area contributed by atoms with Gasteiger partial charge in [-0.25, -0.2) is 9.18 Å². The predicted molar refractivity (Wildman–Crippen MR) is 77.2 cm³/mol. The lowest BCUT2D eigenvalue weighted by Crippen LogP contribution is -2.01. The fraction of sp³-hybridized carbons (Fsp3) is 0.188. The third kappa shape index (κ3) is 3.15. The first-order chi connectivity index (χ1) is 9.47. The summed E-state index contributed by atoms with van der Waals surface area (Å²) in [5, 5.41) is 12.0. The van der Waals surface area contributed by atoms with E-state index in [1.807, 2.05) is 24.3 Å². The van der Waals surface area contributed by atoms with Crippen molar-refractivity contribution in [2.24, 2.45) is 0 Å². The SMILES string of the molecule is CC(C)c1ccccc1Nc1cc(F)cc(C(=O)O)c1. The van der Waals surface area contributed by atoms with Crippen molar-refractivity contribution in [3.05, 3.63) is 59.4 Å². The molecule has 2 aromatic rings. The molecule has 2 aromatic carbocycles. The topological polar surface area (TPSA) is 49.3 Å². The molecule has 104 valence electrons. The van der Waals surface area contributed by atoms with E-state index in [0.29, 0.717) is 11.6 Å². The molecule has 0 aromatic heterocycles. The number of halogens is 1. The van der Waals surface area contributed by atoms with Crippen molar-refractivity contribution in [2.75, 3.05) is 5.32 Å². The van der Waals surface area contributed by atoms with Crippen LogP contribution in [0.3, 0.4) is 0 Å². The van der Waals surface area contributed by atoms with E-state index in [2.05, 4.69) is 19.2 Å². The molecule has 0 aliphatic heterocycles. The highest BCUT2D eigenvalue weighted by molar-refractivity contribution is 5.89. The van der Waals surface area contributed by atoms with Crippen molar-refractivity contribution >= 4 is 17.3 Å². The summed E-state index contributed by atoms with van der Waals surface area (Å²) in [4.78, 5) is 10.9. The van der Waals surface area contributed by atoms with E-state index < -0.39 is 11.8 Å². The molecule has 2 rings (SSSR count). The van der Waals surface area contributed by atoms with E-state index in [9.17, 15) is 9.18 Å². The molecular weight excluding hydrogens is 257 g/mol. The van der Waals surface area contributed by atoms with Crippen LogP contribution in [0.4, 0.5) is 15.8 Å². The van der Waals surface area contributed by atoms with Gasteiger partial charge in [-0.2, -0.15) is 0 Å². The van der Waals surface area contributed by atoms with Crippen LogP contribution >= 0.6 is 0 Å². The lowest BCUT2D eigenvalue weighted by atomic mass is 10.0. The number of anilines is 2. The molecule has 0 aliphatic carbocycles. The molecule has 0 saturated heterocycles. The molecule has 0 unspecified atom stereocenters. The molecule has 0 saturated carbocycles. The lowest BCUT2D eigenvalue weighted by molar-refractivity contribution is 0.0696. The predicted octanol–water partition coefficient (Wildman–Crippen LogP) is 4.39. The number of benzene rings is 2. The van der Waals surface area contributed by atoms with Gasteiger partial charge in [-0.3, -0.25) is 0 Å². The Morgan fingerprint density at radius 3 is 2.55 bits per heavy atom. The molecule has 4 heteroatoms. The van der Waals surface area contributed by atoms with E-state index in [-0.39, 0.29) is 5.56 Å². The smallest absolute Gasteiger partial charge is 0.335 e. The van der Waals surface area contributed by atoms with Crippen LogP contribution in [0.1, 0.15) is 35.7 Å². The molecular formula is C16H16FNO2. The number of rotatable bonds is 4. The first-order valence-corrected chi connectivity index (χ1v) is 6.37. The maximum Gasteiger partial charge on any atom is 0.335 e. The Morgan fingerprint density at radius 2 is 1.90 bits per heavy atom. The van der Waals surface area contributed by atoms with Gasteiger partial charge in [0.2, 0.25) is 0 Å². The third-order valence-electron chi connectivity index (χ3n) is 3.01. The summed E-state index contributed by atoms with van der Waals surface area (Å²) in [5.74, 6) is -1.41. The fourth-order valence-corrected chi connectivity index (χ4v) is 2.06. The molecule has 0 atom stereocenters. The zero-order chi connectivity index (χ0) is 14.7. The van der Waals surface area contributed by atoms with Gasteiger partial charge in [0.1, 0.15) is 5.82 Å². The molecule has 0 amide bonds. The van der Waals surface area contributed by atoms with Crippen LogP contribution in [0, 0.1) is 5.82 Å². The number of carboxylic acid groups (broad SMARTS) is 1. The molecule has 0 aliphatic rings. The minimum absolute atomic E-state index is 0.0745. The summed E-state index contributed by atoms with van der Waals surface area (Å²) >= 11 is 0. The largest absolute Gasteiger partial charge is 0.478 e. The number of aromatic carboxylic acids is 1. The average Bonchev–Trinajstić information content (AvgIpc) is 2.38. The Hall–Kier alpha value is -2.36. The second-order valence-corrected chi connectivity index (χ2v) is 4.90. The summed E-state index contributed by atoms with van der Waals surface area (Å²) in [6.07, 6.45) is 0. The Balaban J connectivity index is 2.37. The number of carboxylic acids is 1. The van der Waals surface area contributed by atoms with Crippen LogP contribution < -0.4 is 5.32 Å². The van der Waals surface area contributed by atoms with Crippen molar-refractivity contribution in [2.45, 2.75) is 19.8 Å². The van der Waals surface area contributed by atoms with Gasteiger partial charge in [0.25, 0.3) is 0 Å². The standard InChI is InChI=1S/C16H16FNO2/c1-10(2)14-5-3-4-6-15(14)18-13-8-11(16(19)20)7-12(17)9-13/h3-10,18H,1-2H3,(H,19,20). The number of hydrogen-bond acceptors (Lipinski definition) is 2. The molecule has 20 heavy (non-hydrogen) atoms. The molecule has 0 spiro atoms. The molecule has 0 bridgehead atoms. The highest BCUT2D eigenvalue weighted by Gasteiger charge is 2.10. The highest BCUT2D eigenvalue weighted by atomic mass is 19.1. The molecule has 0 radical (unpaired) electrons. The summed E-state index contributed by atoms with van der Waals surface area (Å²) in [7, 11) is 0. The quantitative estimate of drug-likeness (QED) is 0.868. The summed E-state index contributed by atoms with van der Waals surface area (Å²) in [6, 6.07) is 11.4. The minimum Gasteiger partial charge on any atom is -0.478 e. The monoisotopic (exact) mass is 273 g/mol. The van der Waals surface area contributed by atoms with Gasteiger partial charge < -0.3 is 10.4 Å². The van der Waals surface area contributed by atoms with Gasteiger partial charge in [0.15, 0.2) is 0 Å². The maximum absolute atomic E-state index is 13.4. The number of nitrogens with one attached hydrogen (secondary N) is 1. The van der Waals surface area contributed by atoms with Crippen LogP contribution in [-0.2, 0) is 0 Å². The van der Waals surface area contributed by atoms with Crippen molar-refractivity contribution < 1.29 is 14.3 Å². The second kappa shape index (κ2) is 5.74. The van der Waals surface area contributed by atoms with Gasteiger partial charge in [0, 0.05) is 11.4 Å². The zero-order valence-corrected chi connectivity index (χ0v) is 11.4. The molecule has 2 N–H and O–H groups in total. The Kier molecular flexibility index (Phi) is 4.03. The average molecular weight is 273 g/mol. The molecule has 0 fully saturated rings. The number of hydrogen-bond donors (Lipinski definition) is 2. The summed E-state index contributed by atoms with van der Waals surface area (Å²) < 4.78 is 13.4. The van der Waals surface area contributed by atoms with Gasteiger partial charge in [-0.15, -0.1) is 0 Å². The Labute approximate surface area is 117 Å². The first kappa shape index (κ1) is 14.1. The Morgan fingerprint density at radius 1 is 1.20 bits per heavy atom. The van der Waals surface area contributed by atoms with Crippen molar-refractivity contribution in [1.29, 1.82) is 0 Å². The van der Waals surface area contributed by atoms with Crippen LogP contribution in [0.15, 0.2) is 42.5 Å². The molecule has 0 heterocycles. The normalized spacial score (nSPS) is 10.6. The van der Waals surface area contributed by atoms with Gasteiger partial charge in [0.05, 0.1) is 5.56 Å².